The average molecular weight is 278 g/mol. The Morgan fingerprint density at radius 2 is 1.95 bits per heavy atom. The van der Waals surface area contributed by atoms with Gasteiger partial charge in [-0.15, -0.1) is 11.3 Å². The molecule has 0 N–H and O–H groups in total. The van der Waals surface area contributed by atoms with Gasteiger partial charge in [0.05, 0.1) is 25.5 Å². The van der Waals surface area contributed by atoms with Crippen LogP contribution in [0.5, 0.6) is 0 Å². The van der Waals surface area contributed by atoms with E-state index in [4.69, 9.17) is 4.74 Å². The van der Waals surface area contributed by atoms with Crippen molar-refractivity contribution in [3.8, 4) is 11.3 Å². The fraction of sp³-hybridized carbons (Fsp3) is 0.357. The first kappa shape index (κ1) is 12.7. The molecule has 0 unspecified atom stereocenters. The predicted octanol–water partition coefficient (Wildman–Crippen LogP) is 2.78. The smallest absolute Gasteiger partial charge is 0.123 e. The maximum Gasteiger partial charge on any atom is 0.123 e. The van der Waals surface area contributed by atoms with E-state index in [-0.39, 0.29) is 5.82 Å². The Hall–Kier alpha value is -1.30. The molecule has 5 heteroatoms. The number of rotatable bonds is 3. The standard InChI is InChI=1S/C14H15FN2OS/c15-12-3-1-11(2-4-12)13-10-19-14(16-13)9-17-5-7-18-8-6-17/h1-4,10H,5-9H2. The lowest BCUT2D eigenvalue weighted by atomic mass is 10.2. The number of benzene rings is 1. The van der Waals surface area contributed by atoms with Crippen LogP contribution in [0.25, 0.3) is 11.3 Å². The summed E-state index contributed by atoms with van der Waals surface area (Å²) in [5, 5.41) is 3.13. The molecule has 0 spiro atoms. The third-order valence-corrected chi connectivity index (χ3v) is 3.99. The third-order valence-electron chi connectivity index (χ3n) is 3.15. The molecule has 1 fully saturated rings. The van der Waals surface area contributed by atoms with Crippen LogP contribution in [-0.4, -0.2) is 36.2 Å². The molecule has 3 rings (SSSR count). The number of ether oxygens (including phenoxy) is 1. The van der Waals surface area contributed by atoms with Crippen molar-refractivity contribution in [3.63, 3.8) is 0 Å². The molecule has 1 aromatic heterocycles. The summed E-state index contributed by atoms with van der Waals surface area (Å²) < 4.78 is 18.2. The lowest BCUT2D eigenvalue weighted by molar-refractivity contribution is 0.0342. The Bertz CT molecular complexity index is 535. The molecule has 0 radical (unpaired) electrons. The first-order chi connectivity index (χ1) is 9.31. The van der Waals surface area contributed by atoms with E-state index < -0.39 is 0 Å². The third kappa shape index (κ3) is 3.18. The maximum atomic E-state index is 12.9. The van der Waals surface area contributed by atoms with Crippen LogP contribution in [0.3, 0.4) is 0 Å². The van der Waals surface area contributed by atoms with Gasteiger partial charge in [0, 0.05) is 24.0 Å². The molecule has 0 atom stereocenters. The minimum atomic E-state index is -0.215. The lowest BCUT2D eigenvalue weighted by Gasteiger charge is -2.25. The highest BCUT2D eigenvalue weighted by Gasteiger charge is 2.13. The molecule has 0 bridgehead atoms. The van der Waals surface area contributed by atoms with Gasteiger partial charge in [-0.3, -0.25) is 4.90 Å². The largest absolute Gasteiger partial charge is 0.379 e. The van der Waals surface area contributed by atoms with Crippen molar-refractivity contribution in [2.24, 2.45) is 0 Å². The SMILES string of the molecule is Fc1ccc(-c2csc(CN3CCOCC3)n2)cc1. The lowest BCUT2D eigenvalue weighted by Crippen LogP contribution is -2.35. The minimum Gasteiger partial charge on any atom is -0.379 e. The van der Waals surface area contributed by atoms with Gasteiger partial charge in [-0.1, -0.05) is 0 Å². The number of morpholine rings is 1. The molecule has 2 aromatic rings. The molecule has 100 valence electrons. The Morgan fingerprint density at radius 3 is 2.68 bits per heavy atom. The number of nitrogens with zero attached hydrogens (tertiary/aromatic N) is 2. The van der Waals surface area contributed by atoms with Crippen LogP contribution in [0.15, 0.2) is 29.6 Å². The summed E-state index contributed by atoms with van der Waals surface area (Å²) >= 11 is 1.65. The monoisotopic (exact) mass is 278 g/mol. The van der Waals surface area contributed by atoms with E-state index in [0.29, 0.717) is 0 Å². The molecular formula is C14H15FN2OS. The maximum absolute atomic E-state index is 12.9. The molecule has 0 amide bonds. The van der Waals surface area contributed by atoms with Gasteiger partial charge in [0.2, 0.25) is 0 Å². The molecule has 19 heavy (non-hydrogen) atoms. The normalized spacial score (nSPS) is 16.7. The highest BCUT2D eigenvalue weighted by atomic mass is 32.1. The average Bonchev–Trinajstić information content (AvgIpc) is 2.89. The van der Waals surface area contributed by atoms with Crippen molar-refractivity contribution in [2.45, 2.75) is 6.54 Å². The molecule has 2 heterocycles. The molecule has 1 aliphatic heterocycles. The topological polar surface area (TPSA) is 25.4 Å². The number of halogens is 1. The molecule has 1 aromatic carbocycles. The number of aromatic nitrogens is 1. The van der Waals surface area contributed by atoms with E-state index in [1.165, 1.54) is 12.1 Å². The summed E-state index contributed by atoms with van der Waals surface area (Å²) in [7, 11) is 0. The Morgan fingerprint density at radius 1 is 1.21 bits per heavy atom. The van der Waals surface area contributed by atoms with Crippen LogP contribution in [0.4, 0.5) is 4.39 Å². The van der Waals surface area contributed by atoms with Crippen LogP contribution in [0.1, 0.15) is 5.01 Å². The van der Waals surface area contributed by atoms with E-state index in [2.05, 4.69) is 9.88 Å². The van der Waals surface area contributed by atoms with Gasteiger partial charge in [0.1, 0.15) is 10.8 Å². The van der Waals surface area contributed by atoms with E-state index in [9.17, 15) is 4.39 Å². The fourth-order valence-corrected chi connectivity index (χ4v) is 2.93. The second kappa shape index (κ2) is 5.77. The summed E-state index contributed by atoms with van der Waals surface area (Å²) in [6.45, 7) is 4.40. The molecule has 0 aliphatic carbocycles. The van der Waals surface area contributed by atoms with Crippen molar-refractivity contribution in [1.29, 1.82) is 0 Å². The van der Waals surface area contributed by atoms with Crippen molar-refractivity contribution >= 4 is 11.3 Å². The first-order valence-electron chi connectivity index (χ1n) is 6.32. The molecule has 1 aliphatic rings. The van der Waals surface area contributed by atoms with Crippen LogP contribution in [0.2, 0.25) is 0 Å². The second-order valence-corrected chi connectivity index (χ2v) is 5.46. The van der Waals surface area contributed by atoms with Gasteiger partial charge in [0.15, 0.2) is 0 Å². The summed E-state index contributed by atoms with van der Waals surface area (Å²) in [5.74, 6) is -0.215. The fourth-order valence-electron chi connectivity index (χ4n) is 2.09. The first-order valence-corrected chi connectivity index (χ1v) is 7.20. The van der Waals surface area contributed by atoms with Gasteiger partial charge in [0.25, 0.3) is 0 Å². The number of hydrogen-bond acceptors (Lipinski definition) is 4. The van der Waals surface area contributed by atoms with Gasteiger partial charge in [-0.05, 0) is 24.3 Å². The number of hydrogen-bond donors (Lipinski definition) is 0. The quantitative estimate of drug-likeness (QED) is 0.863. The van der Waals surface area contributed by atoms with E-state index in [1.54, 1.807) is 23.5 Å². The van der Waals surface area contributed by atoms with Gasteiger partial charge < -0.3 is 4.74 Å². The zero-order valence-electron chi connectivity index (χ0n) is 10.5. The minimum absolute atomic E-state index is 0.215. The zero-order valence-corrected chi connectivity index (χ0v) is 11.3. The Balaban J connectivity index is 1.70. The van der Waals surface area contributed by atoms with Gasteiger partial charge >= 0.3 is 0 Å². The summed E-state index contributed by atoms with van der Waals surface area (Å²) in [5.41, 5.74) is 1.89. The van der Waals surface area contributed by atoms with E-state index in [0.717, 1.165) is 49.1 Å². The van der Waals surface area contributed by atoms with Crippen LogP contribution >= 0.6 is 11.3 Å². The Kier molecular flexibility index (Phi) is 3.87. The molecule has 0 saturated carbocycles. The van der Waals surface area contributed by atoms with Crippen molar-refractivity contribution < 1.29 is 9.13 Å². The van der Waals surface area contributed by atoms with Crippen molar-refractivity contribution in [1.82, 2.24) is 9.88 Å². The summed E-state index contributed by atoms with van der Waals surface area (Å²) in [6, 6.07) is 6.47. The van der Waals surface area contributed by atoms with Gasteiger partial charge in [-0.2, -0.15) is 0 Å². The van der Waals surface area contributed by atoms with Crippen molar-refractivity contribution in [3.05, 3.63) is 40.5 Å². The molecule has 1 saturated heterocycles. The highest BCUT2D eigenvalue weighted by Crippen LogP contribution is 2.23. The van der Waals surface area contributed by atoms with Crippen LogP contribution in [-0.2, 0) is 11.3 Å². The second-order valence-electron chi connectivity index (χ2n) is 4.52. The van der Waals surface area contributed by atoms with Crippen LogP contribution < -0.4 is 0 Å². The Labute approximate surface area is 115 Å². The highest BCUT2D eigenvalue weighted by molar-refractivity contribution is 7.09. The van der Waals surface area contributed by atoms with E-state index in [1.807, 2.05) is 5.38 Å². The van der Waals surface area contributed by atoms with Crippen LogP contribution in [0, 0.1) is 5.82 Å². The summed E-state index contributed by atoms with van der Waals surface area (Å²) in [6.07, 6.45) is 0. The summed E-state index contributed by atoms with van der Waals surface area (Å²) in [4.78, 5) is 6.96. The van der Waals surface area contributed by atoms with Crippen molar-refractivity contribution in [2.75, 3.05) is 26.3 Å². The number of thiazole rings is 1. The molecular weight excluding hydrogens is 263 g/mol. The van der Waals surface area contributed by atoms with E-state index >= 15 is 0 Å². The molecule has 3 nitrogen and oxygen atoms in total. The van der Waals surface area contributed by atoms with Gasteiger partial charge in [-0.25, -0.2) is 9.37 Å². The zero-order chi connectivity index (χ0) is 13.1. The predicted molar refractivity (Wildman–Crippen MR) is 73.6 cm³/mol.